The molecular formula is C14H20FNO. The molecule has 0 bridgehead atoms. The molecule has 1 aromatic carbocycles. The van der Waals surface area contributed by atoms with Crippen LogP contribution < -0.4 is 5.32 Å². The second-order valence-corrected chi connectivity index (χ2v) is 4.91. The Hall–Kier alpha value is -0.930. The topological polar surface area (TPSA) is 32.3 Å². The molecule has 1 aliphatic carbocycles. The average Bonchev–Trinajstić information content (AvgIpc) is 2.28. The standard InChI is InChI=1S/C14H20FNO/c1-2-14(8-5-9-14)16-10-13(17)11-6-3-4-7-12(11)15/h3-4,6-7,13,16-17H,2,5,8-10H2,1H3. The van der Waals surface area contributed by atoms with Crippen molar-refractivity contribution in [3.05, 3.63) is 35.6 Å². The van der Waals surface area contributed by atoms with Gasteiger partial charge < -0.3 is 10.4 Å². The zero-order valence-corrected chi connectivity index (χ0v) is 10.2. The molecule has 1 unspecified atom stereocenters. The Morgan fingerprint density at radius 3 is 2.65 bits per heavy atom. The summed E-state index contributed by atoms with van der Waals surface area (Å²) in [7, 11) is 0. The number of hydrogen-bond acceptors (Lipinski definition) is 2. The van der Waals surface area contributed by atoms with Gasteiger partial charge in [0.2, 0.25) is 0 Å². The first-order valence-corrected chi connectivity index (χ1v) is 6.34. The van der Waals surface area contributed by atoms with E-state index in [2.05, 4.69) is 12.2 Å². The smallest absolute Gasteiger partial charge is 0.129 e. The van der Waals surface area contributed by atoms with Crippen LogP contribution in [-0.2, 0) is 0 Å². The molecule has 1 aromatic rings. The van der Waals surface area contributed by atoms with E-state index in [0.717, 1.165) is 19.3 Å². The quantitative estimate of drug-likeness (QED) is 0.825. The maximum atomic E-state index is 13.4. The molecular weight excluding hydrogens is 217 g/mol. The third-order valence-electron chi connectivity index (χ3n) is 3.92. The number of aliphatic hydroxyl groups is 1. The van der Waals surface area contributed by atoms with Crippen molar-refractivity contribution in [1.29, 1.82) is 0 Å². The normalized spacial score (nSPS) is 19.7. The fraction of sp³-hybridized carbons (Fsp3) is 0.571. The molecule has 94 valence electrons. The first kappa shape index (κ1) is 12.5. The highest BCUT2D eigenvalue weighted by Gasteiger charge is 2.34. The summed E-state index contributed by atoms with van der Waals surface area (Å²) in [4.78, 5) is 0. The van der Waals surface area contributed by atoms with Crippen molar-refractivity contribution in [3.63, 3.8) is 0 Å². The van der Waals surface area contributed by atoms with Crippen molar-refractivity contribution in [2.24, 2.45) is 0 Å². The van der Waals surface area contributed by atoms with Crippen molar-refractivity contribution in [2.45, 2.75) is 44.2 Å². The molecule has 1 atom stereocenters. The molecule has 1 fully saturated rings. The summed E-state index contributed by atoms with van der Waals surface area (Å²) in [6.07, 6.45) is 3.87. The van der Waals surface area contributed by atoms with Crippen LogP contribution in [0.25, 0.3) is 0 Å². The summed E-state index contributed by atoms with van der Waals surface area (Å²) >= 11 is 0. The van der Waals surface area contributed by atoms with Gasteiger partial charge in [0.1, 0.15) is 5.82 Å². The third-order valence-corrected chi connectivity index (χ3v) is 3.92. The number of aliphatic hydroxyl groups excluding tert-OH is 1. The number of halogens is 1. The molecule has 0 aromatic heterocycles. The first-order chi connectivity index (χ1) is 8.17. The van der Waals surface area contributed by atoms with Gasteiger partial charge in [0, 0.05) is 17.6 Å². The highest BCUT2D eigenvalue weighted by atomic mass is 19.1. The first-order valence-electron chi connectivity index (χ1n) is 6.34. The minimum absolute atomic E-state index is 0.187. The molecule has 0 amide bonds. The number of benzene rings is 1. The number of hydrogen-bond donors (Lipinski definition) is 2. The Labute approximate surface area is 102 Å². The highest BCUT2D eigenvalue weighted by Crippen LogP contribution is 2.34. The van der Waals surface area contributed by atoms with Crippen LogP contribution in [0.5, 0.6) is 0 Å². The molecule has 0 aliphatic heterocycles. The predicted molar refractivity (Wildman–Crippen MR) is 66.2 cm³/mol. The Morgan fingerprint density at radius 2 is 2.12 bits per heavy atom. The highest BCUT2D eigenvalue weighted by molar-refractivity contribution is 5.20. The fourth-order valence-electron chi connectivity index (χ4n) is 2.43. The van der Waals surface area contributed by atoms with Crippen LogP contribution in [0, 0.1) is 5.82 Å². The van der Waals surface area contributed by atoms with Crippen molar-refractivity contribution in [3.8, 4) is 0 Å². The maximum absolute atomic E-state index is 13.4. The predicted octanol–water partition coefficient (Wildman–Crippen LogP) is 2.78. The number of rotatable bonds is 5. The van der Waals surface area contributed by atoms with E-state index in [1.165, 1.54) is 12.5 Å². The van der Waals surface area contributed by atoms with Crippen molar-refractivity contribution in [1.82, 2.24) is 5.32 Å². The Kier molecular flexibility index (Phi) is 3.79. The number of nitrogens with one attached hydrogen (secondary N) is 1. The van der Waals surface area contributed by atoms with Gasteiger partial charge in [-0.2, -0.15) is 0 Å². The summed E-state index contributed by atoms with van der Waals surface area (Å²) in [5, 5.41) is 13.4. The van der Waals surface area contributed by atoms with Gasteiger partial charge in [-0.1, -0.05) is 25.1 Å². The molecule has 0 heterocycles. The summed E-state index contributed by atoms with van der Waals surface area (Å²) in [6, 6.07) is 6.41. The largest absolute Gasteiger partial charge is 0.387 e. The summed E-state index contributed by atoms with van der Waals surface area (Å²) < 4.78 is 13.4. The lowest BCUT2D eigenvalue weighted by Gasteiger charge is -2.42. The molecule has 2 nitrogen and oxygen atoms in total. The van der Waals surface area contributed by atoms with Crippen molar-refractivity contribution < 1.29 is 9.50 Å². The van der Waals surface area contributed by atoms with E-state index in [4.69, 9.17) is 0 Å². The van der Waals surface area contributed by atoms with Crippen LogP contribution in [0.1, 0.15) is 44.3 Å². The van der Waals surface area contributed by atoms with E-state index in [1.54, 1.807) is 18.2 Å². The zero-order chi connectivity index (χ0) is 12.3. The van der Waals surface area contributed by atoms with E-state index in [9.17, 15) is 9.50 Å². The van der Waals surface area contributed by atoms with Gasteiger partial charge in [-0.05, 0) is 31.7 Å². The molecule has 3 heteroatoms. The Morgan fingerprint density at radius 1 is 1.41 bits per heavy atom. The van der Waals surface area contributed by atoms with E-state index < -0.39 is 6.10 Å². The molecule has 1 saturated carbocycles. The van der Waals surface area contributed by atoms with Crippen molar-refractivity contribution in [2.75, 3.05) is 6.54 Å². The van der Waals surface area contributed by atoms with Gasteiger partial charge in [0.15, 0.2) is 0 Å². The van der Waals surface area contributed by atoms with E-state index >= 15 is 0 Å². The maximum Gasteiger partial charge on any atom is 0.129 e. The van der Waals surface area contributed by atoms with Crippen molar-refractivity contribution >= 4 is 0 Å². The van der Waals surface area contributed by atoms with Crippen LogP contribution in [0.15, 0.2) is 24.3 Å². The zero-order valence-electron chi connectivity index (χ0n) is 10.2. The molecule has 17 heavy (non-hydrogen) atoms. The van der Waals surface area contributed by atoms with Gasteiger partial charge in [-0.25, -0.2) is 4.39 Å². The molecule has 0 spiro atoms. The Bertz CT molecular complexity index is 371. The SMILES string of the molecule is CCC1(NCC(O)c2ccccc2F)CCC1. The lowest BCUT2D eigenvalue weighted by molar-refractivity contribution is 0.117. The van der Waals surface area contributed by atoms with Gasteiger partial charge in [-0.3, -0.25) is 0 Å². The molecule has 2 rings (SSSR count). The summed E-state index contributed by atoms with van der Waals surface area (Å²) in [6.45, 7) is 2.58. The van der Waals surface area contributed by atoms with Crippen LogP contribution in [0.4, 0.5) is 4.39 Å². The van der Waals surface area contributed by atoms with Crippen LogP contribution in [0.2, 0.25) is 0 Å². The van der Waals surface area contributed by atoms with Gasteiger partial charge in [0.05, 0.1) is 6.10 Å². The monoisotopic (exact) mass is 237 g/mol. The van der Waals surface area contributed by atoms with E-state index in [1.807, 2.05) is 0 Å². The van der Waals surface area contributed by atoms with Crippen LogP contribution in [-0.4, -0.2) is 17.2 Å². The lowest BCUT2D eigenvalue weighted by atomic mass is 9.75. The van der Waals surface area contributed by atoms with Gasteiger partial charge >= 0.3 is 0 Å². The molecule has 2 N–H and O–H groups in total. The number of β-amino-alcohol motifs (C(OH)–C–C–N with tert-alkyl or cyclic N) is 1. The minimum Gasteiger partial charge on any atom is -0.387 e. The van der Waals surface area contributed by atoms with Crippen LogP contribution in [0.3, 0.4) is 0 Å². The Balaban J connectivity index is 1.93. The minimum atomic E-state index is -0.764. The fourth-order valence-corrected chi connectivity index (χ4v) is 2.43. The average molecular weight is 237 g/mol. The van der Waals surface area contributed by atoms with E-state index in [-0.39, 0.29) is 11.4 Å². The second-order valence-electron chi connectivity index (χ2n) is 4.91. The van der Waals surface area contributed by atoms with E-state index in [0.29, 0.717) is 12.1 Å². The second kappa shape index (κ2) is 5.15. The van der Waals surface area contributed by atoms with Gasteiger partial charge in [-0.15, -0.1) is 0 Å². The van der Waals surface area contributed by atoms with Crippen LogP contribution >= 0.6 is 0 Å². The molecule has 1 aliphatic rings. The summed E-state index contributed by atoms with van der Waals surface area (Å²) in [5.41, 5.74) is 0.567. The summed E-state index contributed by atoms with van der Waals surface area (Å²) in [5.74, 6) is -0.332. The molecule has 0 radical (unpaired) electrons. The van der Waals surface area contributed by atoms with Gasteiger partial charge in [0.25, 0.3) is 0 Å². The lowest BCUT2D eigenvalue weighted by Crippen LogP contribution is -2.51. The third kappa shape index (κ3) is 2.67. The molecule has 0 saturated heterocycles.